The molecule has 62 heavy (non-hydrogen) atoms. The van der Waals surface area contributed by atoms with Crippen molar-refractivity contribution in [3.05, 3.63) is 221 Å². The molecule has 0 unspecified atom stereocenters. The van der Waals surface area contributed by atoms with Gasteiger partial charge in [-0.3, -0.25) is 0 Å². The maximum absolute atomic E-state index is 13.3. The number of phenols is 1. The van der Waals surface area contributed by atoms with Crippen LogP contribution in [0.2, 0.25) is 0 Å². The van der Waals surface area contributed by atoms with Crippen molar-refractivity contribution in [1.82, 2.24) is 0 Å². The van der Waals surface area contributed by atoms with E-state index in [1.54, 1.807) is 12.1 Å². The first-order chi connectivity index (χ1) is 29.6. The minimum Gasteiger partial charge on any atom is -0.508 e. The van der Waals surface area contributed by atoms with E-state index in [9.17, 15) is 35.1 Å². The molecule has 14 heteroatoms. The van der Waals surface area contributed by atoms with Crippen LogP contribution < -0.4 is 20.7 Å². The number of aliphatic hydroxyl groups is 1. The van der Waals surface area contributed by atoms with Gasteiger partial charge in [-0.25, -0.2) is 8.78 Å². The Balaban J connectivity index is 0.000000189. The molecule has 5 nitrogen and oxygen atoms in total. The summed E-state index contributed by atoms with van der Waals surface area (Å²) < 4.78 is 105. The Labute approximate surface area is 353 Å². The minimum absolute atomic E-state index is 0.0576. The number of hydrogen-bond donors (Lipinski definition) is 2. The molecule has 0 spiro atoms. The Bertz CT molecular complexity index is 2470. The molecule has 0 amide bonds. The Hall–Kier alpha value is -7.05. The second-order valence-corrected chi connectivity index (χ2v) is 14.9. The van der Waals surface area contributed by atoms with E-state index in [0.29, 0.717) is 5.56 Å². The van der Waals surface area contributed by atoms with E-state index in [0.717, 1.165) is 36.4 Å². The lowest BCUT2D eigenvalue weighted by molar-refractivity contribution is -0.138. The van der Waals surface area contributed by atoms with Gasteiger partial charge in [0.05, 0.1) is 28.9 Å². The molecule has 0 aliphatic heterocycles. The van der Waals surface area contributed by atoms with Crippen LogP contribution in [0.4, 0.5) is 35.1 Å². The third-order valence-electron chi connectivity index (χ3n) is 8.27. The lowest BCUT2D eigenvalue weighted by Crippen LogP contribution is -2.20. The van der Waals surface area contributed by atoms with Crippen LogP contribution in [-0.4, -0.2) is 10.2 Å². The van der Waals surface area contributed by atoms with Crippen molar-refractivity contribution >= 4 is 23.8 Å². The van der Waals surface area contributed by atoms with Gasteiger partial charge in [-0.05, 0) is 83.5 Å². The Morgan fingerprint density at radius 3 is 1.32 bits per heavy atom. The molecule has 7 rings (SSSR count). The maximum Gasteiger partial charge on any atom is 0.416 e. The first kappa shape index (κ1) is 47.6. The number of rotatable bonds is 7. The monoisotopic (exact) mass is 870 g/mol. The van der Waals surface area contributed by atoms with Gasteiger partial charge >= 0.3 is 12.4 Å². The average molecular weight is 871 g/mol. The van der Waals surface area contributed by atoms with Gasteiger partial charge in [0.2, 0.25) is 0 Å². The average Bonchev–Trinajstić information content (AvgIpc) is 3.27. The molecule has 316 valence electrons. The maximum atomic E-state index is 13.3. The second-order valence-electron chi connectivity index (χ2n) is 12.7. The van der Waals surface area contributed by atoms with E-state index in [1.165, 1.54) is 64.4 Å². The van der Waals surface area contributed by atoms with E-state index < -0.39 is 43.0 Å². The highest BCUT2D eigenvalue weighted by molar-refractivity contribution is 7.79. The van der Waals surface area contributed by atoms with Crippen LogP contribution in [0.25, 0.3) is 0 Å². The summed E-state index contributed by atoms with van der Waals surface area (Å²) in [7, 11) is -0.446. The third-order valence-corrected chi connectivity index (χ3v) is 10.7. The number of aromatic hydroxyl groups is 1. The third kappa shape index (κ3) is 14.9. The number of halogens is 8. The van der Waals surface area contributed by atoms with Crippen molar-refractivity contribution in [1.29, 1.82) is 10.5 Å². The first-order valence-electron chi connectivity index (χ1n) is 18.2. The number of hydrogen-bond acceptors (Lipinski definition) is 5. The van der Waals surface area contributed by atoms with Crippen molar-refractivity contribution in [3.8, 4) is 23.6 Å². The van der Waals surface area contributed by atoms with Gasteiger partial charge in [-0.1, -0.05) is 115 Å². The minimum atomic E-state index is -4.42. The van der Waals surface area contributed by atoms with Gasteiger partial charge in [0, 0.05) is 12.1 Å². The van der Waals surface area contributed by atoms with Gasteiger partial charge in [0.25, 0.3) is 0 Å². The Kier molecular flexibility index (Phi) is 17.7. The highest BCUT2D eigenvalue weighted by Crippen LogP contribution is 2.33. The van der Waals surface area contributed by atoms with Crippen molar-refractivity contribution < 1.29 is 50.1 Å². The molecule has 0 aromatic heterocycles. The summed E-state index contributed by atoms with van der Waals surface area (Å²) in [5, 5.41) is 38.3. The van der Waals surface area contributed by atoms with Crippen LogP contribution in [0.15, 0.2) is 176 Å². The molecule has 0 aliphatic rings. The van der Waals surface area contributed by atoms with Crippen LogP contribution >= 0.6 is 7.92 Å². The molecule has 0 radical (unpaired) electrons. The smallest absolute Gasteiger partial charge is 0.416 e. The van der Waals surface area contributed by atoms with E-state index in [-0.39, 0.29) is 41.4 Å². The van der Waals surface area contributed by atoms with Crippen LogP contribution in [0.3, 0.4) is 0 Å². The van der Waals surface area contributed by atoms with Crippen molar-refractivity contribution in [2.45, 2.75) is 25.6 Å². The summed E-state index contributed by atoms with van der Waals surface area (Å²) in [6.07, 6.45) is -8.75. The number of nitrogens with zero attached hydrogens (tertiary/aromatic N) is 2. The molecule has 0 bridgehead atoms. The number of phenolic OH excluding ortho intramolecular Hbond substituents is 1. The molecule has 0 heterocycles. The molecule has 0 saturated heterocycles. The largest absolute Gasteiger partial charge is 0.508 e. The fourth-order valence-corrected chi connectivity index (χ4v) is 7.60. The highest BCUT2D eigenvalue weighted by atomic mass is 31.1. The summed E-state index contributed by atoms with van der Waals surface area (Å²) in [6, 6.07) is 52.0. The summed E-state index contributed by atoms with van der Waals surface area (Å²) in [5.41, 5.74) is -1.10. The molecule has 7 aromatic rings. The normalized spacial score (nSPS) is 10.6. The molecule has 0 fully saturated rings. The summed E-state index contributed by atoms with van der Waals surface area (Å²) in [5.74, 6) is -1.46. The zero-order chi connectivity index (χ0) is 45.1. The Morgan fingerprint density at radius 1 is 0.500 bits per heavy atom. The van der Waals surface area contributed by atoms with E-state index >= 15 is 0 Å². The summed E-state index contributed by atoms with van der Waals surface area (Å²) in [4.78, 5) is 0. The first-order valence-corrected chi connectivity index (χ1v) is 19.6. The SMILES string of the molecule is N#Cc1ccc(O)cc1F.N#Cc1ccc(OCc2cccc(C(F)(F)F)c2)cc1F.OCc1cccc(C(F)(F)F)c1.c1ccc(P(c2ccccc2)c2ccccc2)cc1. The summed E-state index contributed by atoms with van der Waals surface area (Å²) in [6.45, 7) is -0.501. The molecular formula is C48H35F8N2O3P. The predicted molar refractivity (Wildman–Crippen MR) is 222 cm³/mol. The van der Waals surface area contributed by atoms with Crippen LogP contribution in [0.5, 0.6) is 11.5 Å². The van der Waals surface area contributed by atoms with E-state index in [2.05, 4.69) is 91.0 Å². The molecule has 0 saturated carbocycles. The van der Waals surface area contributed by atoms with Gasteiger partial charge in [-0.2, -0.15) is 36.9 Å². The standard InChI is InChI=1S/C18H15P.C15H9F4NO.C8H7F3O.C7H4FNO/c1-4-10-16(11-5-1)19(17-12-6-2-7-13-17)18-14-8-3-9-15-18;16-14-7-13(5-4-11(14)8-20)21-9-10-2-1-3-12(6-10)15(17,18)19;9-8(10,11)7-3-1-2-6(4-7)5-12;8-7-3-6(10)2-1-5(7)4-9/h1-15H;1-7H,9H2;1-4,12H,5H2;1-3,10H. The van der Waals surface area contributed by atoms with Crippen molar-refractivity contribution in [3.63, 3.8) is 0 Å². The van der Waals surface area contributed by atoms with Crippen LogP contribution in [0, 0.1) is 34.3 Å². The van der Waals surface area contributed by atoms with Gasteiger partial charge < -0.3 is 14.9 Å². The molecular weight excluding hydrogens is 835 g/mol. The number of nitriles is 2. The van der Waals surface area contributed by atoms with Gasteiger partial charge in [-0.15, -0.1) is 0 Å². The van der Waals surface area contributed by atoms with Gasteiger partial charge in [0.15, 0.2) is 0 Å². The van der Waals surface area contributed by atoms with Crippen LogP contribution in [0.1, 0.15) is 33.4 Å². The second kappa shape index (κ2) is 23.1. The van der Waals surface area contributed by atoms with Crippen LogP contribution in [-0.2, 0) is 25.6 Å². The number of alkyl halides is 6. The molecule has 7 aromatic carbocycles. The number of aliphatic hydroxyl groups excluding tert-OH is 1. The van der Waals surface area contributed by atoms with Gasteiger partial charge in [0.1, 0.15) is 41.9 Å². The predicted octanol–water partition coefficient (Wildman–Crippen LogP) is 11.3. The zero-order valence-electron chi connectivity index (χ0n) is 32.3. The molecule has 0 atom stereocenters. The lowest BCUT2D eigenvalue weighted by Gasteiger charge is -2.18. The Morgan fingerprint density at radius 2 is 0.919 bits per heavy atom. The molecule has 2 N–H and O–H groups in total. The molecule has 0 aliphatic carbocycles. The lowest BCUT2D eigenvalue weighted by atomic mass is 10.1. The zero-order valence-corrected chi connectivity index (χ0v) is 33.2. The van der Waals surface area contributed by atoms with Crippen molar-refractivity contribution in [2.24, 2.45) is 0 Å². The fraction of sp³-hybridized carbons (Fsp3) is 0.0833. The fourth-order valence-electron chi connectivity index (χ4n) is 5.30. The van der Waals surface area contributed by atoms with Crippen molar-refractivity contribution in [2.75, 3.05) is 0 Å². The number of ether oxygens (including phenoxy) is 1. The highest BCUT2D eigenvalue weighted by Gasteiger charge is 2.31. The number of benzene rings is 7. The topological polar surface area (TPSA) is 97.3 Å². The summed E-state index contributed by atoms with van der Waals surface area (Å²) >= 11 is 0. The quantitative estimate of drug-likeness (QED) is 0.123. The van der Waals surface area contributed by atoms with E-state index in [4.69, 9.17) is 25.5 Å². The van der Waals surface area contributed by atoms with E-state index in [1.807, 2.05) is 0 Å².